The van der Waals surface area contributed by atoms with Gasteiger partial charge in [0.1, 0.15) is 18.5 Å². The first-order valence-electron chi connectivity index (χ1n) is 6.24. The molecule has 2 rings (SSSR count). The molecule has 0 bridgehead atoms. The predicted octanol–water partition coefficient (Wildman–Crippen LogP) is 1.52. The maximum Gasteiger partial charge on any atom is 0.133 e. The number of para-hydroxylation sites is 1. The van der Waals surface area contributed by atoms with Crippen molar-refractivity contribution in [2.75, 3.05) is 39.3 Å². The first-order chi connectivity index (χ1) is 8.75. The van der Waals surface area contributed by atoms with Gasteiger partial charge in [0.2, 0.25) is 0 Å². The fraction of sp³-hybridized carbons (Fsp3) is 0.538. The van der Waals surface area contributed by atoms with Crippen LogP contribution < -0.4 is 10.1 Å². The van der Waals surface area contributed by atoms with Crippen LogP contribution in [0.1, 0.15) is 0 Å². The molecule has 4 nitrogen and oxygen atoms in total. The topological polar surface area (TPSA) is 44.7 Å². The minimum atomic E-state index is -0.449. The van der Waals surface area contributed by atoms with Crippen LogP contribution in [0.5, 0.6) is 5.75 Å². The van der Waals surface area contributed by atoms with E-state index in [1.54, 1.807) is 0 Å². The van der Waals surface area contributed by atoms with Gasteiger partial charge in [0.05, 0.1) is 4.47 Å². The van der Waals surface area contributed by atoms with Gasteiger partial charge in [0.25, 0.3) is 0 Å². The van der Waals surface area contributed by atoms with Crippen molar-refractivity contribution in [2.45, 2.75) is 6.10 Å². The number of halogens is 2. The van der Waals surface area contributed by atoms with E-state index in [0.717, 1.165) is 36.4 Å². The number of aliphatic hydroxyl groups excluding tert-OH is 1. The predicted molar refractivity (Wildman–Crippen MR) is 82.2 cm³/mol. The minimum absolute atomic E-state index is 0. The number of hydrogen-bond donors (Lipinski definition) is 2. The van der Waals surface area contributed by atoms with Crippen LogP contribution in [0.3, 0.4) is 0 Å². The summed E-state index contributed by atoms with van der Waals surface area (Å²) in [5, 5.41) is 13.2. The van der Waals surface area contributed by atoms with Crippen LogP contribution >= 0.6 is 28.3 Å². The highest BCUT2D eigenvalue weighted by atomic mass is 79.9. The summed E-state index contributed by atoms with van der Waals surface area (Å²) < 4.78 is 6.52. The third-order valence-electron chi connectivity index (χ3n) is 2.95. The molecule has 1 heterocycles. The second kappa shape index (κ2) is 8.76. The summed E-state index contributed by atoms with van der Waals surface area (Å²) in [5.74, 6) is 0.775. The molecule has 1 aromatic carbocycles. The largest absolute Gasteiger partial charge is 0.490 e. The van der Waals surface area contributed by atoms with E-state index in [0.29, 0.717) is 13.2 Å². The monoisotopic (exact) mass is 350 g/mol. The van der Waals surface area contributed by atoms with Crippen molar-refractivity contribution >= 4 is 28.3 Å². The number of benzene rings is 1. The molecule has 0 saturated carbocycles. The molecule has 0 spiro atoms. The van der Waals surface area contributed by atoms with Gasteiger partial charge < -0.3 is 15.2 Å². The summed E-state index contributed by atoms with van der Waals surface area (Å²) in [7, 11) is 0. The molecule has 108 valence electrons. The Morgan fingerprint density at radius 2 is 2.00 bits per heavy atom. The molecule has 2 N–H and O–H groups in total. The molecule has 0 radical (unpaired) electrons. The summed E-state index contributed by atoms with van der Waals surface area (Å²) in [4.78, 5) is 2.25. The highest BCUT2D eigenvalue weighted by molar-refractivity contribution is 9.10. The van der Waals surface area contributed by atoms with Crippen LogP contribution in [-0.4, -0.2) is 55.4 Å². The number of aliphatic hydroxyl groups is 1. The Kier molecular flexibility index (Phi) is 7.71. The lowest BCUT2D eigenvalue weighted by Crippen LogP contribution is -2.47. The second-order valence-corrected chi connectivity index (χ2v) is 5.30. The van der Waals surface area contributed by atoms with Gasteiger partial charge in [-0.15, -0.1) is 12.4 Å². The molecule has 1 atom stereocenters. The normalized spacial score (nSPS) is 17.6. The Morgan fingerprint density at radius 3 is 2.68 bits per heavy atom. The van der Waals surface area contributed by atoms with Gasteiger partial charge in [-0.1, -0.05) is 12.1 Å². The molecule has 1 aliphatic heterocycles. The number of β-amino-alcohol motifs (C(OH)–C–C–N with tert-alkyl or cyclic N) is 1. The molecule has 6 heteroatoms. The number of piperazine rings is 1. The van der Waals surface area contributed by atoms with Crippen molar-refractivity contribution in [3.05, 3.63) is 28.7 Å². The van der Waals surface area contributed by atoms with E-state index < -0.39 is 6.10 Å². The molecular weight excluding hydrogens is 332 g/mol. The molecule has 1 aromatic rings. The summed E-state index contributed by atoms with van der Waals surface area (Å²) in [6, 6.07) is 7.68. The zero-order chi connectivity index (χ0) is 12.8. The Bertz CT molecular complexity index is 375. The Labute approximate surface area is 128 Å². The average molecular weight is 352 g/mol. The molecule has 0 aromatic heterocycles. The first kappa shape index (κ1) is 16.7. The Morgan fingerprint density at radius 1 is 1.32 bits per heavy atom. The third kappa shape index (κ3) is 5.67. The van der Waals surface area contributed by atoms with Gasteiger partial charge in [-0.25, -0.2) is 0 Å². The Balaban J connectivity index is 0.00000180. The smallest absolute Gasteiger partial charge is 0.133 e. The van der Waals surface area contributed by atoms with Crippen molar-refractivity contribution in [3.63, 3.8) is 0 Å². The van der Waals surface area contributed by atoms with Crippen molar-refractivity contribution < 1.29 is 9.84 Å². The number of rotatable bonds is 5. The fourth-order valence-corrected chi connectivity index (χ4v) is 2.39. The van der Waals surface area contributed by atoms with E-state index in [-0.39, 0.29) is 12.4 Å². The van der Waals surface area contributed by atoms with Gasteiger partial charge >= 0.3 is 0 Å². The zero-order valence-corrected chi connectivity index (χ0v) is 13.1. The van der Waals surface area contributed by atoms with Crippen molar-refractivity contribution in [2.24, 2.45) is 0 Å². The van der Waals surface area contributed by atoms with Crippen molar-refractivity contribution in [3.8, 4) is 5.75 Å². The quantitative estimate of drug-likeness (QED) is 0.844. The van der Waals surface area contributed by atoms with Gasteiger partial charge in [0.15, 0.2) is 0 Å². The number of hydrogen-bond acceptors (Lipinski definition) is 4. The number of nitrogens with zero attached hydrogens (tertiary/aromatic N) is 1. The van der Waals surface area contributed by atoms with Crippen LogP contribution in [0.25, 0.3) is 0 Å². The summed E-state index contributed by atoms with van der Waals surface area (Å²) >= 11 is 3.42. The van der Waals surface area contributed by atoms with E-state index in [4.69, 9.17) is 4.74 Å². The van der Waals surface area contributed by atoms with Gasteiger partial charge in [0, 0.05) is 32.7 Å². The van der Waals surface area contributed by atoms with Crippen LogP contribution in [0.4, 0.5) is 0 Å². The standard InChI is InChI=1S/C13H19BrN2O2.ClH/c14-12-3-1-2-4-13(12)18-10-11(17)9-16-7-5-15-6-8-16;/h1-4,11,15,17H,5-10H2;1H. The third-order valence-corrected chi connectivity index (χ3v) is 3.60. The van der Waals surface area contributed by atoms with E-state index in [1.165, 1.54) is 0 Å². The van der Waals surface area contributed by atoms with E-state index >= 15 is 0 Å². The number of ether oxygens (including phenoxy) is 1. The molecule has 1 saturated heterocycles. The fourth-order valence-electron chi connectivity index (χ4n) is 1.99. The van der Waals surface area contributed by atoms with Crippen LogP contribution in [0.2, 0.25) is 0 Å². The van der Waals surface area contributed by atoms with Crippen LogP contribution in [0.15, 0.2) is 28.7 Å². The first-order valence-corrected chi connectivity index (χ1v) is 7.03. The van der Waals surface area contributed by atoms with Crippen LogP contribution in [-0.2, 0) is 0 Å². The van der Waals surface area contributed by atoms with Crippen molar-refractivity contribution in [1.82, 2.24) is 10.2 Å². The SMILES string of the molecule is Cl.OC(COc1ccccc1Br)CN1CCNCC1. The summed E-state index contributed by atoms with van der Waals surface area (Å²) in [5.41, 5.74) is 0. The lowest BCUT2D eigenvalue weighted by molar-refractivity contribution is 0.0639. The minimum Gasteiger partial charge on any atom is -0.490 e. The maximum absolute atomic E-state index is 9.95. The zero-order valence-electron chi connectivity index (χ0n) is 10.7. The van der Waals surface area contributed by atoms with Gasteiger partial charge in [-0.05, 0) is 28.1 Å². The molecular formula is C13H20BrClN2O2. The summed E-state index contributed by atoms with van der Waals surface area (Å²) in [6.45, 7) is 4.98. The lowest BCUT2D eigenvalue weighted by Gasteiger charge is -2.29. The highest BCUT2D eigenvalue weighted by Crippen LogP contribution is 2.23. The van der Waals surface area contributed by atoms with E-state index in [9.17, 15) is 5.11 Å². The number of nitrogens with one attached hydrogen (secondary N) is 1. The average Bonchev–Trinajstić information content (AvgIpc) is 2.39. The van der Waals surface area contributed by atoms with Gasteiger partial charge in [-0.2, -0.15) is 0 Å². The molecule has 1 unspecified atom stereocenters. The molecule has 0 amide bonds. The molecule has 19 heavy (non-hydrogen) atoms. The second-order valence-electron chi connectivity index (χ2n) is 4.45. The van der Waals surface area contributed by atoms with Gasteiger partial charge in [-0.3, -0.25) is 4.90 Å². The Hall–Kier alpha value is -0.330. The molecule has 0 aliphatic carbocycles. The maximum atomic E-state index is 9.95. The van der Waals surface area contributed by atoms with E-state index in [1.807, 2.05) is 24.3 Å². The summed E-state index contributed by atoms with van der Waals surface area (Å²) in [6.07, 6.45) is -0.449. The lowest BCUT2D eigenvalue weighted by atomic mass is 10.3. The van der Waals surface area contributed by atoms with E-state index in [2.05, 4.69) is 26.1 Å². The van der Waals surface area contributed by atoms with Crippen LogP contribution in [0, 0.1) is 0 Å². The highest BCUT2D eigenvalue weighted by Gasteiger charge is 2.14. The molecule has 1 aliphatic rings. The van der Waals surface area contributed by atoms with Crippen molar-refractivity contribution in [1.29, 1.82) is 0 Å². The molecule has 1 fully saturated rings.